The lowest BCUT2D eigenvalue weighted by molar-refractivity contribution is 0.0690. The van der Waals surface area contributed by atoms with E-state index in [4.69, 9.17) is 9.94 Å². The Balaban J connectivity index is 0.000000677. The Kier molecular flexibility index (Phi) is 6.12. The summed E-state index contributed by atoms with van der Waals surface area (Å²) in [5.41, 5.74) is 0.410. The molecule has 0 aliphatic heterocycles. The summed E-state index contributed by atoms with van der Waals surface area (Å²) in [4.78, 5) is 31.4. The van der Waals surface area contributed by atoms with Crippen LogP contribution < -0.4 is 16.2 Å². The number of pyridine rings is 1. The van der Waals surface area contributed by atoms with Crippen molar-refractivity contribution in [2.75, 3.05) is 14.2 Å². The molecule has 0 fully saturated rings. The maximum Gasteiger partial charge on any atom is 0.341 e. The summed E-state index contributed by atoms with van der Waals surface area (Å²) in [6, 6.07) is 10.4. The average molecular weight is 292 g/mol. The number of carboxylic acids is 1. The number of nitrogens with two attached hydrogens (primary N) is 1. The lowest BCUT2D eigenvalue weighted by Crippen LogP contribution is -2.21. The highest BCUT2D eigenvalue weighted by molar-refractivity contribution is 5.87. The van der Waals surface area contributed by atoms with Crippen molar-refractivity contribution in [2.45, 2.75) is 0 Å². The first-order valence-corrected chi connectivity index (χ1v) is 5.88. The molecule has 0 saturated carbocycles. The summed E-state index contributed by atoms with van der Waals surface area (Å²) in [5, 5.41) is 8.88. The molecule has 112 valence electrons. The van der Waals surface area contributed by atoms with Gasteiger partial charge in [0.25, 0.3) is 0 Å². The van der Waals surface area contributed by atoms with Crippen molar-refractivity contribution < 1.29 is 19.6 Å². The quantitative estimate of drug-likeness (QED) is 0.810. The normalized spacial score (nSPS) is 9.48. The first-order chi connectivity index (χ1) is 10.0. The number of carbonyl (C=O) groups is 1. The van der Waals surface area contributed by atoms with Gasteiger partial charge < -0.3 is 14.8 Å². The predicted octanol–water partition coefficient (Wildman–Crippen LogP) is 0.778. The molecule has 3 N–H and O–H groups in total. The molecule has 0 saturated heterocycles. The lowest BCUT2D eigenvalue weighted by Gasteiger charge is -2.12. The van der Waals surface area contributed by atoms with E-state index >= 15 is 0 Å². The van der Waals surface area contributed by atoms with E-state index in [2.05, 4.69) is 10.7 Å². The van der Waals surface area contributed by atoms with Gasteiger partial charge in [0.2, 0.25) is 0 Å². The number of aromatic nitrogens is 1. The van der Waals surface area contributed by atoms with Gasteiger partial charge in [-0.05, 0) is 0 Å². The fourth-order valence-corrected chi connectivity index (χ4v) is 1.65. The summed E-state index contributed by atoms with van der Waals surface area (Å²) in [5.74, 6) is 3.07. The Labute approximate surface area is 121 Å². The van der Waals surface area contributed by atoms with Crippen LogP contribution in [0.25, 0.3) is 11.3 Å². The molecular formula is C14H16N2O5. The fraction of sp³-hybridized carbons (Fsp3) is 0.143. The van der Waals surface area contributed by atoms with E-state index in [-0.39, 0.29) is 5.56 Å². The summed E-state index contributed by atoms with van der Waals surface area (Å²) < 4.78 is 1.26. The Hall–Kier alpha value is -2.64. The zero-order chi connectivity index (χ0) is 15.8. The van der Waals surface area contributed by atoms with Crippen molar-refractivity contribution in [1.29, 1.82) is 0 Å². The number of hydrogen-bond acceptors (Lipinski definition) is 5. The van der Waals surface area contributed by atoms with Crippen LogP contribution in [-0.4, -0.2) is 30.0 Å². The molecule has 0 atom stereocenters. The molecule has 1 aromatic heterocycles. The Bertz CT molecular complexity index is 652. The standard InChI is InChI=1S/C13H11NO4.CH5NO/c1-18-14-8-10(13(16)17)12(15)7-11(14)9-5-3-2-4-6-9;1-3-2/h2-8H,1H3,(H,16,17);2H2,1H3. The number of rotatable bonds is 3. The Morgan fingerprint density at radius 1 is 1.24 bits per heavy atom. The van der Waals surface area contributed by atoms with E-state index in [0.717, 1.165) is 5.56 Å². The minimum atomic E-state index is -1.27. The second-order valence-corrected chi connectivity index (χ2v) is 3.85. The number of carboxylic acid groups (broad SMARTS) is 1. The van der Waals surface area contributed by atoms with Crippen molar-refractivity contribution in [1.82, 2.24) is 4.73 Å². The molecule has 2 rings (SSSR count). The Morgan fingerprint density at radius 3 is 2.29 bits per heavy atom. The maximum absolute atomic E-state index is 11.7. The molecule has 0 aliphatic carbocycles. The smallest absolute Gasteiger partial charge is 0.341 e. The van der Waals surface area contributed by atoms with E-state index in [1.54, 1.807) is 0 Å². The van der Waals surface area contributed by atoms with Crippen LogP contribution in [-0.2, 0) is 4.84 Å². The summed E-state index contributed by atoms with van der Waals surface area (Å²) in [6.07, 6.45) is 1.17. The fourth-order valence-electron chi connectivity index (χ4n) is 1.65. The van der Waals surface area contributed by atoms with Crippen molar-refractivity contribution in [2.24, 2.45) is 5.90 Å². The highest BCUT2D eigenvalue weighted by atomic mass is 16.6. The van der Waals surface area contributed by atoms with Crippen LogP contribution in [0, 0.1) is 0 Å². The van der Waals surface area contributed by atoms with Crippen LogP contribution >= 0.6 is 0 Å². The highest BCUT2D eigenvalue weighted by Crippen LogP contribution is 2.16. The van der Waals surface area contributed by atoms with E-state index in [1.807, 2.05) is 30.3 Å². The molecule has 0 spiro atoms. The molecule has 7 nitrogen and oxygen atoms in total. The van der Waals surface area contributed by atoms with Gasteiger partial charge >= 0.3 is 5.97 Å². The van der Waals surface area contributed by atoms with Crippen LogP contribution in [0.5, 0.6) is 0 Å². The molecule has 21 heavy (non-hydrogen) atoms. The number of aromatic carboxylic acids is 1. The van der Waals surface area contributed by atoms with Crippen molar-refractivity contribution in [3.8, 4) is 11.3 Å². The third kappa shape index (κ3) is 4.16. The molecular weight excluding hydrogens is 276 g/mol. The first kappa shape index (κ1) is 16.4. The van der Waals surface area contributed by atoms with Gasteiger partial charge in [-0.1, -0.05) is 30.3 Å². The zero-order valence-corrected chi connectivity index (χ0v) is 11.6. The first-order valence-electron chi connectivity index (χ1n) is 5.88. The zero-order valence-electron chi connectivity index (χ0n) is 11.6. The second kappa shape index (κ2) is 7.83. The molecule has 0 radical (unpaired) electrons. The summed E-state index contributed by atoms with van der Waals surface area (Å²) >= 11 is 0. The molecule has 0 unspecified atom stereocenters. The van der Waals surface area contributed by atoms with Gasteiger partial charge in [-0.2, -0.15) is 4.73 Å². The van der Waals surface area contributed by atoms with Gasteiger partial charge in [0.05, 0.1) is 19.0 Å². The highest BCUT2D eigenvalue weighted by Gasteiger charge is 2.13. The van der Waals surface area contributed by atoms with Crippen LogP contribution in [0.3, 0.4) is 0 Å². The largest absolute Gasteiger partial charge is 0.477 e. The second-order valence-electron chi connectivity index (χ2n) is 3.85. The molecule has 0 bridgehead atoms. The molecule has 7 heteroatoms. The predicted molar refractivity (Wildman–Crippen MR) is 76.8 cm³/mol. The third-order valence-electron chi connectivity index (χ3n) is 2.51. The average Bonchev–Trinajstić information content (AvgIpc) is 2.48. The van der Waals surface area contributed by atoms with E-state index in [1.165, 1.54) is 31.2 Å². The summed E-state index contributed by atoms with van der Waals surface area (Å²) in [7, 11) is 2.81. The van der Waals surface area contributed by atoms with Crippen molar-refractivity contribution >= 4 is 5.97 Å². The van der Waals surface area contributed by atoms with E-state index in [9.17, 15) is 9.59 Å². The van der Waals surface area contributed by atoms with Crippen LogP contribution in [0.2, 0.25) is 0 Å². The maximum atomic E-state index is 11.7. The minimum absolute atomic E-state index is 0.323. The number of benzene rings is 1. The van der Waals surface area contributed by atoms with Crippen molar-refractivity contribution in [3.05, 3.63) is 58.4 Å². The van der Waals surface area contributed by atoms with E-state index < -0.39 is 11.4 Å². The molecule has 0 amide bonds. The topological polar surface area (TPSA) is 104 Å². The molecule has 1 aromatic carbocycles. The molecule has 1 heterocycles. The Morgan fingerprint density at radius 2 is 1.81 bits per heavy atom. The lowest BCUT2D eigenvalue weighted by atomic mass is 10.1. The van der Waals surface area contributed by atoms with Gasteiger partial charge in [-0.15, -0.1) is 0 Å². The van der Waals surface area contributed by atoms with Gasteiger partial charge in [-0.3, -0.25) is 4.79 Å². The van der Waals surface area contributed by atoms with Gasteiger partial charge in [0.15, 0.2) is 5.43 Å². The molecule has 2 aromatic rings. The minimum Gasteiger partial charge on any atom is -0.477 e. The number of nitrogens with zero attached hydrogens (tertiary/aromatic N) is 1. The van der Waals surface area contributed by atoms with Crippen LogP contribution in [0.4, 0.5) is 0 Å². The monoisotopic (exact) mass is 292 g/mol. The van der Waals surface area contributed by atoms with E-state index in [0.29, 0.717) is 5.69 Å². The van der Waals surface area contributed by atoms with Gasteiger partial charge in [0, 0.05) is 11.6 Å². The van der Waals surface area contributed by atoms with Gasteiger partial charge in [0.1, 0.15) is 12.7 Å². The van der Waals surface area contributed by atoms with Crippen LogP contribution in [0.15, 0.2) is 47.4 Å². The summed E-state index contributed by atoms with van der Waals surface area (Å²) in [6.45, 7) is 0. The van der Waals surface area contributed by atoms with Crippen molar-refractivity contribution in [3.63, 3.8) is 0 Å². The third-order valence-corrected chi connectivity index (χ3v) is 2.51. The van der Waals surface area contributed by atoms with Crippen LogP contribution in [0.1, 0.15) is 10.4 Å². The SMILES string of the molecule is CON.COn1cc(C(=O)O)c(=O)cc1-c1ccccc1. The molecule has 0 aliphatic rings. The number of hydrogen-bond donors (Lipinski definition) is 2. The van der Waals surface area contributed by atoms with Gasteiger partial charge in [-0.25, -0.2) is 10.7 Å².